The lowest BCUT2D eigenvalue weighted by Gasteiger charge is -2.40. The van der Waals surface area contributed by atoms with Crippen LogP contribution < -0.4 is 0 Å². The molecule has 0 atom stereocenters. The first-order valence-electron chi connectivity index (χ1n) is 24.8. The Balaban J connectivity index is 0.897. The largest absolute Gasteiger partial charge is 0.456 e. The van der Waals surface area contributed by atoms with E-state index in [0.29, 0.717) is 44.0 Å². The first-order valence-corrected chi connectivity index (χ1v) is 24.8. The second-order valence-electron chi connectivity index (χ2n) is 19.0. The van der Waals surface area contributed by atoms with E-state index in [1.807, 2.05) is 60.7 Å². The summed E-state index contributed by atoms with van der Waals surface area (Å²) in [7, 11) is 0. The van der Waals surface area contributed by atoms with E-state index in [0.717, 1.165) is 170 Å². The van der Waals surface area contributed by atoms with Crippen LogP contribution in [0, 0.1) is 10.8 Å². The van der Waals surface area contributed by atoms with Crippen LogP contribution in [0.4, 0.5) is 0 Å². The molecule has 0 aliphatic carbocycles. The molecule has 354 valence electrons. The summed E-state index contributed by atoms with van der Waals surface area (Å²) in [6.45, 7) is 13.4. The van der Waals surface area contributed by atoms with Gasteiger partial charge in [-0.1, -0.05) is 86.6 Å². The maximum Gasteiger partial charge on any atom is 0.238 e. The Morgan fingerprint density at radius 2 is 0.985 bits per heavy atom. The molecule has 5 heterocycles. The summed E-state index contributed by atoms with van der Waals surface area (Å²) < 4.78 is 44.1. The summed E-state index contributed by atoms with van der Waals surface area (Å²) in [4.78, 5) is 15.4. The highest BCUT2D eigenvalue weighted by Crippen LogP contribution is 2.39. The third-order valence-electron chi connectivity index (χ3n) is 14.0. The Bertz CT molecular complexity index is 2850. The highest BCUT2D eigenvalue weighted by atomic mass is 16.5. The Labute approximate surface area is 399 Å². The first-order chi connectivity index (χ1) is 33.5. The van der Waals surface area contributed by atoms with Gasteiger partial charge in [-0.2, -0.15) is 9.97 Å². The van der Waals surface area contributed by atoms with Crippen LogP contribution in [0.1, 0.15) is 76.3 Å². The molecule has 0 saturated carbocycles. The lowest BCUT2D eigenvalue weighted by atomic mass is 9.84. The van der Waals surface area contributed by atoms with E-state index in [4.69, 9.17) is 47.8 Å². The first kappa shape index (κ1) is 46.2. The molecule has 0 spiro atoms. The van der Waals surface area contributed by atoms with E-state index in [2.05, 4.69) is 66.9 Å². The van der Waals surface area contributed by atoms with Crippen LogP contribution >= 0.6 is 0 Å². The monoisotopic (exact) mass is 916 g/mol. The van der Waals surface area contributed by atoms with Crippen molar-refractivity contribution in [3.63, 3.8) is 0 Å². The molecule has 68 heavy (non-hydrogen) atoms. The maximum atomic E-state index is 6.60. The zero-order valence-electron chi connectivity index (χ0n) is 39.7. The fourth-order valence-corrected chi connectivity index (χ4v) is 9.36. The van der Waals surface area contributed by atoms with Gasteiger partial charge in [0.25, 0.3) is 0 Å². The summed E-state index contributed by atoms with van der Waals surface area (Å²) in [5.41, 5.74) is 8.14. The van der Waals surface area contributed by atoms with Gasteiger partial charge in [0.2, 0.25) is 5.95 Å². The average molecular weight is 917 g/mol. The van der Waals surface area contributed by atoms with Crippen LogP contribution in [-0.2, 0) is 41.6 Å². The fraction of sp³-hybridized carbons (Fsp3) is 0.421. The van der Waals surface area contributed by atoms with Gasteiger partial charge < -0.3 is 32.8 Å². The molecular weight excluding hydrogens is 853 g/mol. The normalized spacial score (nSPS) is 15.4. The van der Waals surface area contributed by atoms with Gasteiger partial charge in [0, 0.05) is 69.9 Å². The summed E-state index contributed by atoms with van der Waals surface area (Å²) in [5, 5.41) is 4.19. The standard InChI is InChI=1S/C57H64N4O7/c1-3-56(37-66-38-56)35-64-27-15-7-13-25-62-33-41-21-23-49-45(29-41)46-32-52-48(47-30-42(22-24-51(47)68-52)34-63-26-14-8-16-28-65-36-57(4-2)39-67-40-57)31-50(46)61(49)55-59-53(43-17-9-5-10-18-43)58-54(60-55)44-19-11-6-12-20-44/h5-6,9-12,17-24,29-32H,3-4,7-8,13-16,25-28,33-40H2,1-2H3. The maximum absolute atomic E-state index is 6.60. The summed E-state index contributed by atoms with van der Waals surface area (Å²) in [6, 6.07) is 37.6. The van der Waals surface area contributed by atoms with Crippen molar-refractivity contribution in [2.75, 3.05) is 66.1 Å². The van der Waals surface area contributed by atoms with Crippen LogP contribution in [0.15, 0.2) is 114 Å². The van der Waals surface area contributed by atoms with Gasteiger partial charge in [-0.25, -0.2) is 4.98 Å². The van der Waals surface area contributed by atoms with Crippen LogP contribution in [0.5, 0.6) is 0 Å². The molecule has 3 aromatic heterocycles. The minimum absolute atomic E-state index is 0.233. The molecule has 0 bridgehead atoms. The molecule has 0 unspecified atom stereocenters. The van der Waals surface area contributed by atoms with Crippen LogP contribution in [-0.4, -0.2) is 85.6 Å². The summed E-state index contributed by atoms with van der Waals surface area (Å²) in [5.74, 6) is 1.76. The molecule has 10 rings (SSSR count). The number of ether oxygens (including phenoxy) is 6. The SMILES string of the molecule is CCC1(COCCCCCOCc2ccc3oc4cc5c6cc(COCCCCCOCC7(CC)COC7)ccc6n(-c6nc(-c7ccccc7)nc(-c7ccccc7)n6)c5cc4c3c2)COC1. The van der Waals surface area contributed by atoms with Crippen molar-refractivity contribution in [1.29, 1.82) is 0 Å². The molecule has 5 aromatic carbocycles. The number of hydrogen-bond acceptors (Lipinski definition) is 10. The van der Waals surface area contributed by atoms with E-state index < -0.39 is 0 Å². The Morgan fingerprint density at radius 3 is 1.51 bits per heavy atom. The van der Waals surface area contributed by atoms with E-state index in [1.165, 1.54) is 0 Å². The third kappa shape index (κ3) is 10.2. The predicted molar refractivity (Wildman–Crippen MR) is 268 cm³/mol. The summed E-state index contributed by atoms with van der Waals surface area (Å²) >= 11 is 0. The molecule has 11 nitrogen and oxygen atoms in total. The number of hydrogen-bond donors (Lipinski definition) is 0. The molecule has 11 heteroatoms. The highest BCUT2D eigenvalue weighted by Gasteiger charge is 2.37. The average Bonchev–Trinajstić information content (AvgIpc) is 3.87. The molecule has 0 amide bonds. The van der Waals surface area contributed by atoms with Crippen molar-refractivity contribution in [1.82, 2.24) is 19.5 Å². The zero-order chi connectivity index (χ0) is 46.2. The number of nitrogens with zero attached hydrogens (tertiary/aromatic N) is 4. The number of unbranched alkanes of at least 4 members (excludes halogenated alkanes) is 4. The highest BCUT2D eigenvalue weighted by molar-refractivity contribution is 6.17. The molecule has 2 fully saturated rings. The van der Waals surface area contributed by atoms with Gasteiger partial charge in [-0.3, -0.25) is 4.57 Å². The minimum atomic E-state index is 0.233. The third-order valence-corrected chi connectivity index (χ3v) is 14.0. The van der Waals surface area contributed by atoms with Crippen LogP contribution in [0.3, 0.4) is 0 Å². The van der Waals surface area contributed by atoms with E-state index in [9.17, 15) is 0 Å². The van der Waals surface area contributed by atoms with E-state index >= 15 is 0 Å². The lowest BCUT2D eigenvalue weighted by Crippen LogP contribution is -2.45. The predicted octanol–water partition coefficient (Wildman–Crippen LogP) is 12.5. The van der Waals surface area contributed by atoms with Gasteiger partial charge in [0.05, 0.1) is 63.9 Å². The topological polar surface area (TPSA) is 112 Å². The molecule has 2 aliphatic rings. The van der Waals surface area contributed by atoms with E-state index in [-0.39, 0.29) is 10.8 Å². The number of benzene rings is 5. The van der Waals surface area contributed by atoms with Crippen LogP contribution in [0.2, 0.25) is 0 Å². The second-order valence-corrected chi connectivity index (χ2v) is 19.0. The molecule has 2 aliphatic heterocycles. The smallest absolute Gasteiger partial charge is 0.238 e. The fourth-order valence-electron chi connectivity index (χ4n) is 9.36. The molecule has 0 radical (unpaired) electrons. The zero-order valence-corrected chi connectivity index (χ0v) is 39.7. The van der Waals surface area contributed by atoms with Gasteiger partial charge in [0.1, 0.15) is 11.2 Å². The molecule has 8 aromatic rings. The second kappa shape index (κ2) is 21.4. The Morgan fingerprint density at radius 1 is 0.485 bits per heavy atom. The van der Waals surface area contributed by atoms with Gasteiger partial charge >= 0.3 is 0 Å². The molecule has 0 N–H and O–H groups in total. The van der Waals surface area contributed by atoms with Gasteiger partial charge in [-0.05, 0) is 98.9 Å². The number of fused-ring (bicyclic) bond motifs is 6. The van der Waals surface area contributed by atoms with Crippen LogP contribution in [0.25, 0.3) is 72.5 Å². The quantitative estimate of drug-likeness (QED) is 0.0514. The van der Waals surface area contributed by atoms with Crippen molar-refractivity contribution < 1.29 is 32.8 Å². The van der Waals surface area contributed by atoms with Crippen molar-refractivity contribution in [2.45, 2.75) is 78.4 Å². The van der Waals surface area contributed by atoms with Crippen molar-refractivity contribution in [2.24, 2.45) is 10.8 Å². The van der Waals surface area contributed by atoms with E-state index in [1.54, 1.807) is 0 Å². The van der Waals surface area contributed by atoms with Gasteiger partial charge in [0.15, 0.2) is 11.6 Å². The van der Waals surface area contributed by atoms with Crippen molar-refractivity contribution in [3.8, 4) is 28.7 Å². The lowest BCUT2D eigenvalue weighted by molar-refractivity contribution is -0.150. The van der Waals surface area contributed by atoms with Crippen molar-refractivity contribution in [3.05, 3.63) is 120 Å². The number of aromatic nitrogens is 4. The molecular formula is C57H64N4O7. The summed E-state index contributed by atoms with van der Waals surface area (Å²) in [6.07, 6.45) is 8.41. The number of furan rings is 1. The van der Waals surface area contributed by atoms with Gasteiger partial charge in [-0.15, -0.1) is 0 Å². The van der Waals surface area contributed by atoms with Crippen molar-refractivity contribution >= 4 is 43.7 Å². The minimum Gasteiger partial charge on any atom is -0.456 e. The molecule has 2 saturated heterocycles. The Hall–Kier alpha value is -5.53. The Kier molecular flexibility index (Phi) is 14.5. The number of rotatable bonds is 25.